The van der Waals surface area contributed by atoms with Gasteiger partial charge in [0.2, 0.25) is 0 Å². The van der Waals surface area contributed by atoms with Gasteiger partial charge in [0.1, 0.15) is 11.0 Å². The lowest BCUT2D eigenvalue weighted by Gasteiger charge is -2.18. The van der Waals surface area contributed by atoms with E-state index >= 15 is 0 Å². The molecule has 2 N–H and O–H groups in total. The molecule has 1 aromatic carbocycles. The molecule has 0 fully saturated rings. The molecule has 0 aliphatic heterocycles. The molecule has 2 aromatic rings. The fourth-order valence-corrected chi connectivity index (χ4v) is 2.46. The van der Waals surface area contributed by atoms with Crippen molar-refractivity contribution >= 4 is 52.1 Å². The second kappa shape index (κ2) is 6.68. The molecule has 0 radical (unpaired) electrons. The monoisotopic (exact) mass is 328 g/mol. The molecule has 112 valence electrons. The Morgan fingerprint density at radius 1 is 1.43 bits per heavy atom. The first-order valence-electron chi connectivity index (χ1n) is 6.13. The molecule has 2 rings (SSSR count). The Morgan fingerprint density at radius 2 is 2.19 bits per heavy atom. The number of nitrogens with zero attached hydrogens (tertiary/aromatic N) is 3. The Hall–Kier alpha value is -1.93. The number of hydrogen-bond donors (Lipinski definition) is 2. The molecule has 7 nitrogen and oxygen atoms in total. The summed E-state index contributed by atoms with van der Waals surface area (Å²) in [7, 11) is 1.59. The summed E-state index contributed by atoms with van der Waals surface area (Å²) in [5.41, 5.74) is 1.62. The van der Waals surface area contributed by atoms with Crippen LogP contribution in [-0.4, -0.2) is 44.3 Å². The van der Waals surface area contributed by atoms with Crippen LogP contribution in [0.5, 0.6) is 0 Å². The van der Waals surface area contributed by atoms with Crippen LogP contribution in [0.25, 0.3) is 11.0 Å². The fourth-order valence-electron chi connectivity index (χ4n) is 1.72. The lowest BCUT2D eigenvalue weighted by atomic mass is 10.2. The average Bonchev–Trinajstić information content (AvgIpc) is 2.89. The number of fused-ring (bicyclic) bond motifs is 1. The number of nitrogens with one attached hydrogen (secondary N) is 1. The van der Waals surface area contributed by atoms with E-state index < -0.39 is 5.97 Å². The van der Waals surface area contributed by atoms with Crippen LogP contribution in [-0.2, 0) is 4.79 Å². The number of aliphatic carboxylic acids is 1. The number of aromatic nitrogens is 2. The summed E-state index contributed by atoms with van der Waals surface area (Å²) in [6, 6.07) is 3.00. The molecule has 0 bridgehead atoms. The van der Waals surface area contributed by atoms with E-state index in [1.807, 2.05) is 0 Å². The Kier molecular flexibility index (Phi) is 4.92. The van der Waals surface area contributed by atoms with E-state index in [2.05, 4.69) is 14.1 Å². The standard InChI is InChI=1S/C12H13ClN4O3S/c1-17(6-2-3-9(18)19)12(20)14-10-7(13)4-5-8-11(10)16-21-15-8/h4-5H,2-3,6H2,1H3,(H,14,20)(H,18,19). The summed E-state index contributed by atoms with van der Waals surface area (Å²) in [5.74, 6) is -0.884. The zero-order chi connectivity index (χ0) is 15.4. The van der Waals surface area contributed by atoms with Gasteiger partial charge in [-0.3, -0.25) is 4.79 Å². The summed E-state index contributed by atoms with van der Waals surface area (Å²) in [6.07, 6.45) is 0.402. The van der Waals surface area contributed by atoms with Crippen molar-refractivity contribution in [3.63, 3.8) is 0 Å². The van der Waals surface area contributed by atoms with Crippen molar-refractivity contribution in [2.45, 2.75) is 12.8 Å². The summed E-state index contributed by atoms with van der Waals surface area (Å²) >= 11 is 7.12. The molecule has 0 spiro atoms. The average molecular weight is 329 g/mol. The van der Waals surface area contributed by atoms with Crippen molar-refractivity contribution in [1.82, 2.24) is 13.6 Å². The van der Waals surface area contributed by atoms with Gasteiger partial charge < -0.3 is 15.3 Å². The lowest BCUT2D eigenvalue weighted by molar-refractivity contribution is -0.137. The number of urea groups is 1. The third kappa shape index (κ3) is 3.79. The quantitative estimate of drug-likeness (QED) is 0.879. The van der Waals surface area contributed by atoms with Crippen molar-refractivity contribution in [2.24, 2.45) is 0 Å². The van der Waals surface area contributed by atoms with Crippen LogP contribution in [0.4, 0.5) is 10.5 Å². The van der Waals surface area contributed by atoms with Crippen molar-refractivity contribution in [1.29, 1.82) is 0 Å². The topological polar surface area (TPSA) is 95.4 Å². The molecule has 0 unspecified atom stereocenters. The number of rotatable bonds is 5. The summed E-state index contributed by atoms with van der Waals surface area (Å²) in [6.45, 7) is 0.334. The smallest absolute Gasteiger partial charge is 0.321 e. The minimum absolute atomic E-state index is 0.0178. The molecule has 0 aliphatic carbocycles. The van der Waals surface area contributed by atoms with Gasteiger partial charge in [-0.2, -0.15) is 8.75 Å². The first-order valence-corrected chi connectivity index (χ1v) is 7.24. The second-order valence-corrected chi connectivity index (χ2v) is 5.34. The zero-order valence-corrected chi connectivity index (χ0v) is 12.7. The third-order valence-electron chi connectivity index (χ3n) is 2.84. The van der Waals surface area contributed by atoms with Gasteiger partial charge in [-0.25, -0.2) is 4.79 Å². The predicted molar refractivity (Wildman–Crippen MR) is 80.9 cm³/mol. The van der Waals surface area contributed by atoms with Crippen molar-refractivity contribution in [3.05, 3.63) is 17.2 Å². The van der Waals surface area contributed by atoms with Crippen LogP contribution in [0.1, 0.15) is 12.8 Å². The van der Waals surface area contributed by atoms with Gasteiger partial charge in [0, 0.05) is 20.0 Å². The molecule has 0 aliphatic rings. The van der Waals surface area contributed by atoms with Crippen LogP contribution in [0.15, 0.2) is 12.1 Å². The molecule has 2 amide bonds. The highest BCUT2D eigenvalue weighted by Gasteiger charge is 2.15. The molecule has 0 atom stereocenters. The number of benzene rings is 1. The molecule has 21 heavy (non-hydrogen) atoms. The van der Waals surface area contributed by atoms with Crippen LogP contribution in [0, 0.1) is 0 Å². The number of amides is 2. The normalized spacial score (nSPS) is 10.6. The van der Waals surface area contributed by atoms with E-state index in [0.717, 1.165) is 11.7 Å². The number of anilines is 1. The van der Waals surface area contributed by atoms with Crippen LogP contribution in [0.2, 0.25) is 5.02 Å². The predicted octanol–water partition coefficient (Wildman–Crippen LogP) is 2.67. The maximum Gasteiger partial charge on any atom is 0.321 e. The first-order chi connectivity index (χ1) is 9.99. The SMILES string of the molecule is CN(CCCC(=O)O)C(=O)Nc1c(Cl)ccc2nsnc12. The molecule has 1 aromatic heterocycles. The van der Waals surface area contributed by atoms with Gasteiger partial charge in [0.15, 0.2) is 0 Å². The maximum atomic E-state index is 12.1. The number of carbonyl (C=O) groups is 2. The van der Waals surface area contributed by atoms with Gasteiger partial charge in [-0.05, 0) is 18.6 Å². The van der Waals surface area contributed by atoms with Gasteiger partial charge in [-0.1, -0.05) is 11.6 Å². The minimum atomic E-state index is -0.884. The molecule has 9 heteroatoms. The summed E-state index contributed by atoms with van der Waals surface area (Å²) in [5, 5.41) is 11.6. The summed E-state index contributed by atoms with van der Waals surface area (Å²) < 4.78 is 8.20. The third-order valence-corrected chi connectivity index (χ3v) is 3.70. The van der Waals surface area contributed by atoms with Crippen LogP contribution >= 0.6 is 23.3 Å². The van der Waals surface area contributed by atoms with Gasteiger partial charge in [0.25, 0.3) is 0 Å². The van der Waals surface area contributed by atoms with Crippen LogP contribution in [0.3, 0.4) is 0 Å². The number of halogens is 1. The number of carboxylic acids is 1. The molecule has 1 heterocycles. The van der Waals surface area contributed by atoms with E-state index in [1.165, 1.54) is 4.90 Å². The van der Waals surface area contributed by atoms with Crippen molar-refractivity contribution < 1.29 is 14.7 Å². The van der Waals surface area contributed by atoms with E-state index in [1.54, 1.807) is 19.2 Å². The molecular weight excluding hydrogens is 316 g/mol. The van der Waals surface area contributed by atoms with E-state index in [9.17, 15) is 9.59 Å². The first kappa shape index (κ1) is 15.5. The maximum absolute atomic E-state index is 12.1. The Morgan fingerprint density at radius 3 is 2.90 bits per heavy atom. The molecular formula is C12H13ClN4O3S. The minimum Gasteiger partial charge on any atom is -0.481 e. The number of carboxylic acid groups (broad SMARTS) is 1. The van der Waals surface area contributed by atoms with Gasteiger partial charge >= 0.3 is 12.0 Å². The fraction of sp³-hybridized carbons (Fsp3) is 0.333. The number of hydrogen-bond acceptors (Lipinski definition) is 5. The largest absolute Gasteiger partial charge is 0.481 e. The highest BCUT2D eigenvalue weighted by Crippen LogP contribution is 2.30. The Labute approximate surface area is 129 Å². The van der Waals surface area contributed by atoms with Crippen molar-refractivity contribution in [3.8, 4) is 0 Å². The van der Waals surface area contributed by atoms with Crippen molar-refractivity contribution in [2.75, 3.05) is 18.9 Å². The zero-order valence-electron chi connectivity index (χ0n) is 11.2. The highest BCUT2D eigenvalue weighted by atomic mass is 35.5. The van der Waals surface area contributed by atoms with Crippen LogP contribution < -0.4 is 5.32 Å². The highest BCUT2D eigenvalue weighted by molar-refractivity contribution is 7.00. The lowest BCUT2D eigenvalue weighted by Crippen LogP contribution is -2.32. The van der Waals surface area contributed by atoms with E-state index in [-0.39, 0.29) is 12.5 Å². The van der Waals surface area contributed by atoms with E-state index in [0.29, 0.717) is 34.7 Å². The number of carbonyl (C=O) groups excluding carboxylic acids is 1. The summed E-state index contributed by atoms with van der Waals surface area (Å²) in [4.78, 5) is 23.9. The Balaban J connectivity index is 2.05. The Bertz CT molecular complexity index is 676. The molecule has 0 saturated heterocycles. The second-order valence-electron chi connectivity index (χ2n) is 4.40. The molecule has 0 saturated carbocycles. The van der Waals surface area contributed by atoms with Gasteiger partial charge in [-0.15, -0.1) is 0 Å². The van der Waals surface area contributed by atoms with Gasteiger partial charge in [0.05, 0.1) is 22.4 Å². The van der Waals surface area contributed by atoms with E-state index in [4.69, 9.17) is 16.7 Å².